The van der Waals surface area contributed by atoms with Gasteiger partial charge in [-0.1, -0.05) is 29.3 Å². The lowest BCUT2D eigenvalue weighted by Gasteiger charge is -2.17. The van der Waals surface area contributed by atoms with Crippen molar-refractivity contribution < 1.29 is 14.4 Å². The second kappa shape index (κ2) is 8.15. The van der Waals surface area contributed by atoms with Crippen molar-refractivity contribution in [3.63, 3.8) is 0 Å². The number of hydrogen-bond acceptors (Lipinski definition) is 4. The Kier molecular flexibility index (Phi) is 5.87. The number of amides is 3. The van der Waals surface area contributed by atoms with Gasteiger partial charge in [-0.05, 0) is 49.7 Å². The first-order valence-corrected chi connectivity index (χ1v) is 9.89. The van der Waals surface area contributed by atoms with Crippen molar-refractivity contribution >= 4 is 52.5 Å². The Morgan fingerprint density at radius 3 is 2.56 bits per heavy atom. The number of nitrogens with one attached hydrogen (secondary N) is 1. The molecule has 1 saturated heterocycles. The molecule has 0 spiro atoms. The van der Waals surface area contributed by atoms with Crippen LogP contribution in [0.15, 0.2) is 42.5 Å². The molecule has 0 saturated carbocycles. The van der Waals surface area contributed by atoms with Gasteiger partial charge in [0.05, 0.1) is 16.7 Å². The molecule has 0 unspecified atom stereocenters. The van der Waals surface area contributed by atoms with Crippen LogP contribution in [-0.4, -0.2) is 28.7 Å². The van der Waals surface area contributed by atoms with Crippen LogP contribution in [0.4, 0.5) is 11.4 Å². The quantitative estimate of drug-likeness (QED) is 0.768. The highest BCUT2D eigenvalue weighted by atomic mass is 35.5. The van der Waals surface area contributed by atoms with Crippen LogP contribution in [0.3, 0.4) is 0 Å². The summed E-state index contributed by atoms with van der Waals surface area (Å²) in [6, 6.07) is 12.4. The van der Waals surface area contributed by atoms with Crippen LogP contribution in [0, 0.1) is 13.8 Å². The third-order valence-corrected chi connectivity index (χ3v) is 5.69. The second-order valence-corrected chi connectivity index (χ2v) is 8.04. The third kappa shape index (κ3) is 4.51. The molecule has 1 atom stereocenters. The van der Waals surface area contributed by atoms with Gasteiger partial charge in [-0.25, -0.2) is 4.90 Å². The van der Waals surface area contributed by atoms with Crippen molar-refractivity contribution in [2.24, 2.45) is 0 Å². The zero-order chi connectivity index (χ0) is 19.6. The molecule has 3 rings (SSSR count). The fourth-order valence-electron chi connectivity index (χ4n) is 2.95. The lowest BCUT2D eigenvalue weighted by molar-refractivity contribution is -0.121. The van der Waals surface area contributed by atoms with Gasteiger partial charge in [-0.15, -0.1) is 11.8 Å². The molecule has 1 aliphatic heterocycles. The lowest BCUT2D eigenvalue weighted by atomic mass is 10.1. The molecule has 5 nitrogen and oxygen atoms in total. The van der Waals surface area contributed by atoms with Crippen LogP contribution in [0.1, 0.15) is 17.5 Å². The molecule has 0 bridgehead atoms. The van der Waals surface area contributed by atoms with E-state index in [0.29, 0.717) is 16.4 Å². The number of rotatable bonds is 5. The Morgan fingerprint density at radius 1 is 1.19 bits per heavy atom. The molecule has 0 aliphatic carbocycles. The maximum atomic E-state index is 12.7. The fraction of sp³-hybridized carbons (Fsp3) is 0.250. The maximum absolute atomic E-state index is 12.7. The number of halogens is 1. The monoisotopic (exact) mass is 402 g/mol. The molecule has 1 fully saturated rings. The largest absolute Gasteiger partial charge is 0.325 e. The average Bonchev–Trinajstić information content (AvgIpc) is 2.89. The van der Waals surface area contributed by atoms with Crippen LogP contribution in [0.2, 0.25) is 5.02 Å². The molecule has 27 heavy (non-hydrogen) atoms. The number of anilines is 2. The summed E-state index contributed by atoms with van der Waals surface area (Å²) < 4.78 is 0. The highest BCUT2D eigenvalue weighted by Crippen LogP contribution is 2.32. The number of carbonyl (C=O) groups excluding carboxylic acids is 3. The first-order valence-electron chi connectivity index (χ1n) is 8.46. The Labute approximate surface area is 167 Å². The second-order valence-electron chi connectivity index (χ2n) is 6.42. The summed E-state index contributed by atoms with van der Waals surface area (Å²) in [5, 5.41) is 2.79. The Morgan fingerprint density at radius 2 is 1.89 bits per heavy atom. The number of benzene rings is 2. The van der Waals surface area contributed by atoms with Crippen LogP contribution < -0.4 is 10.2 Å². The zero-order valence-electron chi connectivity index (χ0n) is 15.0. The minimum Gasteiger partial charge on any atom is -0.325 e. The Bertz CT molecular complexity index is 899. The molecule has 2 aromatic carbocycles. The number of carbonyl (C=O) groups is 3. The summed E-state index contributed by atoms with van der Waals surface area (Å²) in [7, 11) is 0. The molecule has 140 valence electrons. The Balaban J connectivity index is 1.61. The van der Waals surface area contributed by atoms with Crippen LogP contribution in [0.5, 0.6) is 0 Å². The van der Waals surface area contributed by atoms with E-state index in [1.165, 1.54) is 16.7 Å². The Hall–Kier alpha value is -2.31. The van der Waals surface area contributed by atoms with Crippen LogP contribution in [0.25, 0.3) is 0 Å². The molecule has 0 radical (unpaired) electrons. The number of thioether (sulfide) groups is 1. The van der Waals surface area contributed by atoms with E-state index in [1.54, 1.807) is 30.3 Å². The first-order chi connectivity index (χ1) is 12.8. The highest BCUT2D eigenvalue weighted by Gasteiger charge is 2.40. The van der Waals surface area contributed by atoms with E-state index in [4.69, 9.17) is 11.6 Å². The van der Waals surface area contributed by atoms with E-state index in [-0.39, 0.29) is 29.9 Å². The summed E-state index contributed by atoms with van der Waals surface area (Å²) in [6.45, 7) is 3.84. The number of hydrogen-bond donors (Lipinski definition) is 1. The maximum Gasteiger partial charge on any atom is 0.247 e. The highest BCUT2D eigenvalue weighted by molar-refractivity contribution is 8.01. The van der Waals surface area contributed by atoms with Gasteiger partial charge in [0.25, 0.3) is 0 Å². The van der Waals surface area contributed by atoms with Crippen molar-refractivity contribution in [2.75, 3.05) is 16.0 Å². The third-order valence-electron chi connectivity index (χ3n) is 4.24. The lowest BCUT2D eigenvalue weighted by Crippen LogP contribution is -2.32. The van der Waals surface area contributed by atoms with E-state index in [0.717, 1.165) is 11.1 Å². The van der Waals surface area contributed by atoms with Crippen molar-refractivity contribution in [2.45, 2.75) is 25.5 Å². The molecular weight excluding hydrogens is 384 g/mol. The molecule has 1 aliphatic rings. The van der Waals surface area contributed by atoms with Crippen molar-refractivity contribution in [1.29, 1.82) is 0 Å². The van der Waals surface area contributed by atoms with Gasteiger partial charge in [0.15, 0.2) is 0 Å². The first kappa shape index (κ1) is 19.5. The van der Waals surface area contributed by atoms with E-state index >= 15 is 0 Å². The van der Waals surface area contributed by atoms with Gasteiger partial charge in [0, 0.05) is 17.1 Å². The fourth-order valence-corrected chi connectivity index (χ4v) is 4.01. The van der Waals surface area contributed by atoms with Crippen LogP contribution >= 0.6 is 23.4 Å². The minimum absolute atomic E-state index is 0.0903. The molecular formula is C20H19ClN2O3S. The normalized spacial score (nSPS) is 16.7. The standard InChI is InChI=1S/C20H19ClN2O3S/c1-12-3-8-16(13(2)9-12)23-19(25)10-17(20(23)26)27-11-18(24)22-15-6-4-14(21)5-7-15/h3-9,17H,10-11H2,1-2H3,(H,22,24)/t17-/m0/s1. The van der Waals surface area contributed by atoms with Gasteiger partial charge < -0.3 is 5.32 Å². The summed E-state index contributed by atoms with van der Waals surface area (Å²) in [4.78, 5) is 38.4. The summed E-state index contributed by atoms with van der Waals surface area (Å²) in [5.41, 5.74) is 3.20. The summed E-state index contributed by atoms with van der Waals surface area (Å²) in [6.07, 6.45) is 0.102. The van der Waals surface area contributed by atoms with E-state index in [9.17, 15) is 14.4 Å². The van der Waals surface area contributed by atoms with Gasteiger partial charge in [0.1, 0.15) is 0 Å². The molecule has 0 aromatic heterocycles. The molecule has 7 heteroatoms. The van der Waals surface area contributed by atoms with Gasteiger partial charge in [0.2, 0.25) is 17.7 Å². The van der Waals surface area contributed by atoms with Gasteiger partial charge in [-0.2, -0.15) is 0 Å². The average molecular weight is 403 g/mol. The molecule has 3 amide bonds. The van der Waals surface area contributed by atoms with Crippen LogP contribution in [-0.2, 0) is 14.4 Å². The number of nitrogens with zero attached hydrogens (tertiary/aromatic N) is 1. The summed E-state index contributed by atoms with van der Waals surface area (Å²) in [5.74, 6) is -0.640. The van der Waals surface area contributed by atoms with E-state index < -0.39 is 5.25 Å². The van der Waals surface area contributed by atoms with Gasteiger partial charge >= 0.3 is 0 Å². The van der Waals surface area contributed by atoms with Crippen molar-refractivity contribution in [1.82, 2.24) is 0 Å². The number of imide groups is 1. The number of aryl methyl sites for hydroxylation is 2. The predicted octanol–water partition coefficient (Wildman–Crippen LogP) is 3.96. The topological polar surface area (TPSA) is 66.5 Å². The minimum atomic E-state index is -0.547. The molecule has 2 aromatic rings. The zero-order valence-corrected chi connectivity index (χ0v) is 16.6. The predicted molar refractivity (Wildman–Crippen MR) is 109 cm³/mol. The molecule has 1 N–H and O–H groups in total. The molecule has 1 heterocycles. The summed E-state index contributed by atoms with van der Waals surface area (Å²) >= 11 is 7.00. The van der Waals surface area contributed by atoms with Gasteiger partial charge in [-0.3, -0.25) is 14.4 Å². The van der Waals surface area contributed by atoms with Crippen molar-refractivity contribution in [3.05, 3.63) is 58.6 Å². The smallest absolute Gasteiger partial charge is 0.247 e. The van der Waals surface area contributed by atoms with E-state index in [1.807, 2.05) is 26.0 Å². The van der Waals surface area contributed by atoms with Crippen molar-refractivity contribution in [3.8, 4) is 0 Å². The van der Waals surface area contributed by atoms with E-state index in [2.05, 4.69) is 5.32 Å². The SMILES string of the molecule is Cc1ccc(N2C(=O)C[C@H](SCC(=O)Nc3ccc(Cl)cc3)C2=O)c(C)c1.